The fraction of sp³-hybridized carbons (Fsp3) is 0.583. The monoisotopic (exact) mass is 194 g/mol. The molecule has 2 N–H and O–H groups in total. The van der Waals surface area contributed by atoms with Crippen molar-refractivity contribution < 1.29 is 0 Å². The summed E-state index contributed by atoms with van der Waals surface area (Å²) < 4.78 is 0. The summed E-state index contributed by atoms with van der Waals surface area (Å²) in [5, 5.41) is 0. The summed E-state index contributed by atoms with van der Waals surface area (Å²) in [5.74, 6) is 1.08. The number of rotatable bonds is 5. The number of nitrogens with zero attached hydrogens (tertiary/aromatic N) is 1. The van der Waals surface area contributed by atoms with Gasteiger partial charge in [0.15, 0.2) is 0 Å². The van der Waals surface area contributed by atoms with Crippen LogP contribution in [0, 0.1) is 5.92 Å². The molecule has 0 aromatic carbocycles. The first-order chi connectivity index (χ1) is 6.52. The summed E-state index contributed by atoms with van der Waals surface area (Å²) in [7, 11) is 0. The van der Waals surface area contributed by atoms with Crippen molar-refractivity contribution in [1.82, 2.24) is 0 Å². The Bertz CT molecular complexity index is 249. The van der Waals surface area contributed by atoms with Crippen molar-refractivity contribution in [3.63, 3.8) is 0 Å². The van der Waals surface area contributed by atoms with Gasteiger partial charge in [0.05, 0.1) is 0 Å². The first-order valence-corrected chi connectivity index (χ1v) is 5.13. The van der Waals surface area contributed by atoms with E-state index in [0.29, 0.717) is 11.8 Å². The zero-order valence-electron chi connectivity index (χ0n) is 9.80. The Kier molecular flexibility index (Phi) is 5.93. The fourth-order valence-corrected chi connectivity index (χ4v) is 1.03. The van der Waals surface area contributed by atoms with Crippen molar-refractivity contribution >= 4 is 5.84 Å². The van der Waals surface area contributed by atoms with Gasteiger partial charge in [-0.15, -0.1) is 0 Å². The summed E-state index contributed by atoms with van der Waals surface area (Å²) in [6.07, 6.45) is 2.96. The van der Waals surface area contributed by atoms with Crippen molar-refractivity contribution in [2.24, 2.45) is 16.6 Å². The molecule has 0 aliphatic heterocycles. The van der Waals surface area contributed by atoms with E-state index in [0.717, 1.165) is 24.1 Å². The molecular weight excluding hydrogens is 172 g/mol. The second kappa shape index (κ2) is 6.41. The summed E-state index contributed by atoms with van der Waals surface area (Å²) in [6.45, 7) is 12.8. The lowest BCUT2D eigenvalue weighted by molar-refractivity contribution is 0.697. The van der Waals surface area contributed by atoms with Crippen LogP contribution in [0.15, 0.2) is 28.8 Å². The molecule has 80 valence electrons. The van der Waals surface area contributed by atoms with E-state index in [4.69, 9.17) is 5.73 Å². The molecule has 0 radical (unpaired) electrons. The molecule has 14 heavy (non-hydrogen) atoms. The molecule has 0 amide bonds. The van der Waals surface area contributed by atoms with Crippen LogP contribution in [0.4, 0.5) is 0 Å². The Morgan fingerprint density at radius 1 is 1.57 bits per heavy atom. The molecule has 0 rings (SSSR count). The first kappa shape index (κ1) is 12.9. The van der Waals surface area contributed by atoms with Gasteiger partial charge >= 0.3 is 0 Å². The van der Waals surface area contributed by atoms with Gasteiger partial charge in [-0.05, 0) is 31.8 Å². The van der Waals surface area contributed by atoms with E-state index < -0.39 is 0 Å². The molecule has 0 saturated carbocycles. The van der Waals surface area contributed by atoms with Crippen LogP contribution in [0.25, 0.3) is 0 Å². The third-order valence-electron chi connectivity index (χ3n) is 2.44. The Hall–Kier alpha value is -1.05. The maximum atomic E-state index is 5.84. The summed E-state index contributed by atoms with van der Waals surface area (Å²) in [6, 6.07) is 0. The highest BCUT2D eigenvalue weighted by atomic mass is 14.9. The van der Waals surface area contributed by atoms with Crippen molar-refractivity contribution in [3.8, 4) is 0 Å². The van der Waals surface area contributed by atoms with Crippen LogP contribution in [0.1, 0.15) is 34.1 Å². The standard InChI is InChI=1S/C12H22N2/c1-6-11(7-2)12(13)14-8-10(5)9(3)4/h6,10H,3,7-8H2,1-2,4-5H3,(H2,13,14)/b11-6-. The molecule has 0 saturated heterocycles. The summed E-state index contributed by atoms with van der Waals surface area (Å²) >= 11 is 0. The lowest BCUT2D eigenvalue weighted by atomic mass is 10.1. The molecule has 0 bridgehead atoms. The second-order valence-electron chi connectivity index (χ2n) is 3.64. The predicted octanol–water partition coefficient (Wildman–Crippen LogP) is 2.91. The number of hydrogen-bond acceptors (Lipinski definition) is 1. The topological polar surface area (TPSA) is 38.4 Å². The van der Waals surface area contributed by atoms with Crippen molar-refractivity contribution in [3.05, 3.63) is 23.8 Å². The molecule has 1 unspecified atom stereocenters. The minimum absolute atomic E-state index is 0.406. The average Bonchev–Trinajstić information content (AvgIpc) is 2.15. The quantitative estimate of drug-likeness (QED) is 0.408. The van der Waals surface area contributed by atoms with Gasteiger partial charge in [-0.25, -0.2) is 0 Å². The number of aliphatic imine (C=N–C) groups is 1. The van der Waals surface area contributed by atoms with Crippen molar-refractivity contribution in [1.29, 1.82) is 0 Å². The van der Waals surface area contributed by atoms with Crippen LogP contribution in [-0.2, 0) is 0 Å². The van der Waals surface area contributed by atoms with E-state index in [1.54, 1.807) is 0 Å². The lowest BCUT2D eigenvalue weighted by Crippen LogP contribution is -2.16. The molecule has 0 fully saturated rings. The van der Waals surface area contributed by atoms with E-state index in [-0.39, 0.29) is 0 Å². The molecule has 1 atom stereocenters. The van der Waals surface area contributed by atoms with Crippen LogP contribution >= 0.6 is 0 Å². The van der Waals surface area contributed by atoms with E-state index in [2.05, 4.69) is 25.4 Å². The number of nitrogens with two attached hydrogens (primary N) is 1. The highest BCUT2D eigenvalue weighted by Crippen LogP contribution is 2.08. The molecule has 2 heteroatoms. The zero-order chi connectivity index (χ0) is 11.1. The maximum absolute atomic E-state index is 5.84. The minimum Gasteiger partial charge on any atom is -0.384 e. The number of amidine groups is 1. The fourth-order valence-electron chi connectivity index (χ4n) is 1.03. The zero-order valence-corrected chi connectivity index (χ0v) is 9.80. The lowest BCUT2D eigenvalue weighted by Gasteiger charge is -2.09. The van der Waals surface area contributed by atoms with E-state index >= 15 is 0 Å². The van der Waals surface area contributed by atoms with Gasteiger partial charge in [-0.1, -0.05) is 32.1 Å². The third kappa shape index (κ3) is 4.26. The molecule has 0 heterocycles. The van der Waals surface area contributed by atoms with E-state index in [1.165, 1.54) is 0 Å². The molecule has 2 nitrogen and oxygen atoms in total. The highest BCUT2D eigenvalue weighted by molar-refractivity contribution is 5.96. The van der Waals surface area contributed by atoms with Crippen LogP contribution in [0.2, 0.25) is 0 Å². The first-order valence-electron chi connectivity index (χ1n) is 5.13. The normalized spacial score (nSPS) is 15.4. The van der Waals surface area contributed by atoms with Crippen LogP contribution < -0.4 is 5.73 Å². The average molecular weight is 194 g/mol. The predicted molar refractivity (Wildman–Crippen MR) is 64.5 cm³/mol. The summed E-state index contributed by atoms with van der Waals surface area (Å²) in [5.41, 5.74) is 8.12. The molecule has 0 aliphatic rings. The van der Waals surface area contributed by atoms with Crippen molar-refractivity contribution in [2.75, 3.05) is 6.54 Å². The molecule has 0 aromatic rings. The van der Waals surface area contributed by atoms with Gasteiger partial charge in [-0.3, -0.25) is 4.99 Å². The van der Waals surface area contributed by atoms with Gasteiger partial charge in [0.2, 0.25) is 0 Å². The maximum Gasteiger partial charge on any atom is 0.121 e. The van der Waals surface area contributed by atoms with Gasteiger partial charge in [0, 0.05) is 6.54 Å². The van der Waals surface area contributed by atoms with Crippen LogP contribution in [0.3, 0.4) is 0 Å². The SMILES string of the molecule is C=C(C)C(C)CN=C(N)/C(=C\C)CC. The van der Waals surface area contributed by atoms with Crippen molar-refractivity contribution in [2.45, 2.75) is 34.1 Å². The second-order valence-corrected chi connectivity index (χ2v) is 3.64. The molecular formula is C12H22N2. The molecule has 0 aliphatic carbocycles. The Morgan fingerprint density at radius 2 is 2.14 bits per heavy atom. The largest absolute Gasteiger partial charge is 0.384 e. The van der Waals surface area contributed by atoms with Gasteiger partial charge < -0.3 is 5.73 Å². The van der Waals surface area contributed by atoms with E-state index in [1.807, 2.05) is 19.9 Å². The van der Waals surface area contributed by atoms with Crippen LogP contribution in [0.5, 0.6) is 0 Å². The minimum atomic E-state index is 0.406. The molecule has 0 spiro atoms. The summed E-state index contributed by atoms with van der Waals surface area (Å²) in [4.78, 5) is 4.35. The van der Waals surface area contributed by atoms with Gasteiger partial charge in [0.1, 0.15) is 5.84 Å². The number of hydrogen-bond donors (Lipinski definition) is 1. The Labute approximate surface area is 87.6 Å². The number of allylic oxidation sites excluding steroid dienone is 1. The Balaban J connectivity index is 4.32. The van der Waals surface area contributed by atoms with Gasteiger partial charge in [-0.2, -0.15) is 0 Å². The van der Waals surface area contributed by atoms with E-state index in [9.17, 15) is 0 Å². The van der Waals surface area contributed by atoms with Gasteiger partial charge in [0.25, 0.3) is 0 Å². The highest BCUT2D eigenvalue weighted by Gasteiger charge is 2.02. The van der Waals surface area contributed by atoms with Crippen LogP contribution in [-0.4, -0.2) is 12.4 Å². The Morgan fingerprint density at radius 3 is 2.50 bits per heavy atom. The molecule has 0 aromatic heterocycles. The third-order valence-corrected chi connectivity index (χ3v) is 2.44. The smallest absolute Gasteiger partial charge is 0.121 e.